The van der Waals surface area contributed by atoms with Crippen molar-refractivity contribution in [2.24, 2.45) is 0 Å². The van der Waals surface area contributed by atoms with Gasteiger partial charge in [-0.05, 0) is 0 Å². The summed E-state index contributed by atoms with van der Waals surface area (Å²) >= 11 is 1.81. The van der Waals surface area contributed by atoms with Crippen LogP contribution in [0.3, 0.4) is 0 Å². The Morgan fingerprint density at radius 1 is 1.47 bits per heavy atom. The summed E-state index contributed by atoms with van der Waals surface area (Å²) in [6.45, 7) is 7.46. The van der Waals surface area contributed by atoms with Crippen molar-refractivity contribution >= 4 is 11.3 Å². The van der Waals surface area contributed by atoms with E-state index in [-0.39, 0.29) is 0 Å². The summed E-state index contributed by atoms with van der Waals surface area (Å²) in [7, 11) is 1.72. The molecule has 1 aliphatic heterocycles. The summed E-state index contributed by atoms with van der Waals surface area (Å²) in [4.78, 5) is 8.23. The molecule has 1 aliphatic rings. The molecule has 5 nitrogen and oxygen atoms in total. The fraction of sp³-hybridized carbons (Fsp3) is 0.769. The van der Waals surface area contributed by atoms with Crippen molar-refractivity contribution in [2.45, 2.75) is 13.0 Å². The topological polar surface area (TPSA) is 46.6 Å². The minimum atomic E-state index is 0.753. The Morgan fingerprint density at radius 3 is 3.11 bits per heavy atom. The van der Waals surface area contributed by atoms with Gasteiger partial charge in [-0.3, -0.25) is 4.90 Å². The zero-order chi connectivity index (χ0) is 13.3. The highest BCUT2D eigenvalue weighted by molar-refractivity contribution is 7.11. The van der Waals surface area contributed by atoms with Crippen LogP contribution in [0.15, 0.2) is 6.20 Å². The summed E-state index contributed by atoms with van der Waals surface area (Å²) in [5.74, 6) is 0. The monoisotopic (exact) mass is 285 g/mol. The highest BCUT2D eigenvalue weighted by atomic mass is 32.1. The van der Waals surface area contributed by atoms with Crippen LogP contribution in [0.5, 0.6) is 0 Å². The molecular formula is C13H23N3O2S. The normalized spacial score (nSPS) is 16.9. The molecule has 2 heterocycles. The van der Waals surface area contributed by atoms with Crippen LogP contribution < -0.4 is 5.32 Å². The molecule has 0 bridgehead atoms. The average molecular weight is 285 g/mol. The van der Waals surface area contributed by atoms with Gasteiger partial charge in [0.2, 0.25) is 0 Å². The number of hydrogen-bond acceptors (Lipinski definition) is 6. The Bertz CT molecular complexity index is 353. The SMILES string of the molecule is COCCNCc1cnc(CCN2CCOCC2)s1. The number of rotatable bonds is 8. The second-order valence-corrected chi connectivity index (χ2v) is 5.79. The highest BCUT2D eigenvalue weighted by Gasteiger charge is 2.11. The van der Waals surface area contributed by atoms with Crippen LogP contribution in [0.25, 0.3) is 0 Å². The van der Waals surface area contributed by atoms with Gasteiger partial charge in [-0.25, -0.2) is 4.98 Å². The van der Waals surface area contributed by atoms with E-state index in [1.54, 1.807) is 7.11 Å². The first kappa shape index (κ1) is 14.9. The quantitative estimate of drug-likeness (QED) is 0.714. The van der Waals surface area contributed by atoms with Crippen LogP contribution in [0.4, 0.5) is 0 Å². The standard InChI is InChI=1S/C13H23N3O2S/c1-17-7-3-14-10-12-11-15-13(19-12)2-4-16-5-8-18-9-6-16/h11,14H,2-10H2,1H3. The van der Waals surface area contributed by atoms with Crippen molar-refractivity contribution in [3.63, 3.8) is 0 Å². The number of hydrogen-bond donors (Lipinski definition) is 1. The van der Waals surface area contributed by atoms with Gasteiger partial charge in [0.1, 0.15) is 0 Å². The van der Waals surface area contributed by atoms with E-state index in [2.05, 4.69) is 15.2 Å². The first-order valence-corrected chi connectivity index (χ1v) is 7.63. The third-order valence-corrected chi connectivity index (χ3v) is 4.19. The Morgan fingerprint density at radius 2 is 2.32 bits per heavy atom. The van der Waals surface area contributed by atoms with Crippen LogP contribution in [0.1, 0.15) is 9.88 Å². The van der Waals surface area contributed by atoms with Crippen molar-refractivity contribution < 1.29 is 9.47 Å². The Hall–Kier alpha value is -0.530. The fourth-order valence-electron chi connectivity index (χ4n) is 2.01. The third-order valence-electron chi connectivity index (χ3n) is 3.13. The van der Waals surface area contributed by atoms with Gasteiger partial charge in [0.25, 0.3) is 0 Å². The van der Waals surface area contributed by atoms with Crippen LogP contribution in [-0.4, -0.2) is 63.0 Å². The number of nitrogens with one attached hydrogen (secondary N) is 1. The van der Waals surface area contributed by atoms with Gasteiger partial charge in [0.05, 0.1) is 24.8 Å². The summed E-state index contributed by atoms with van der Waals surface area (Å²) in [5, 5.41) is 4.57. The zero-order valence-electron chi connectivity index (χ0n) is 11.6. The van der Waals surface area contributed by atoms with Gasteiger partial charge in [-0.2, -0.15) is 0 Å². The minimum Gasteiger partial charge on any atom is -0.383 e. The molecule has 1 aromatic rings. The molecule has 2 rings (SSSR count). The Balaban J connectivity index is 1.65. The number of ether oxygens (including phenoxy) is 2. The molecule has 0 unspecified atom stereocenters. The highest BCUT2D eigenvalue weighted by Crippen LogP contribution is 2.13. The molecule has 1 saturated heterocycles. The maximum atomic E-state index is 5.35. The van der Waals surface area contributed by atoms with Crippen molar-refractivity contribution in [3.8, 4) is 0 Å². The molecule has 0 radical (unpaired) electrons. The third kappa shape index (κ3) is 5.54. The number of thiazole rings is 1. The molecule has 6 heteroatoms. The minimum absolute atomic E-state index is 0.753. The summed E-state index contributed by atoms with van der Waals surface area (Å²) in [6.07, 6.45) is 3.03. The largest absolute Gasteiger partial charge is 0.383 e. The Labute approximate surface area is 118 Å². The van der Waals surface area contributed by atoms with Gasteiger partial charge in [-0.1, -0.05) is 0 Å². The van der Waals surface area contributed by atoms with Crippen molar-refractivity contribution in [2.75, 3.05) is 53.1 Å². The molecule has 0 spiro atoms. The summed E-state index contributed by atoms with van der Waals surface area (Å²) < 4.78 is 10.3. The first-order chi connectivity index (χ1) is 9.38. The number of nitrogens with zero attached hydrogens (tertiary/aromatic N) is 2. The summed E-state index contributed by atoms with van der Waals surface area (Å²) in [5.41, 5.74) is 0. The van der Waals surface area contributed by atoms with E-state index in [1.165, 1.54) is 9.88 Å². The molecule has 0 aromatic carbocycles. The molecule has 108 valence electrons. The van der Waals surface area contributed by atoms with E-state index < -0.39 is 0 Å². The van der Waals surface area contributed by atoms with Crippen LogP contribution in [0.2, 0.25) is 0 Å². The lowest BCUT2D eigenvalue weighted by atomic mass is 10.3. The summed E-state index contributed by atoms with van der Waals surface area (Å²) in [6, 6.07) is 0. The molecule has 1 aromatic heterocycles. The Kier molecular flexibility index (Phi) is 6.73. The van der Waals surface area contributed by atoms with Gasteiger partial charge in [0, 0.05) is 57.3 Å². The van der Waals surface area contributed by atoms with Gasteiger partial charge >= 0.3 is 0 Å². The van der Waals surface area contributed by atoms with E-state index in [0.717, 1.165) is 59.0 Å². The molecular weight excluding hydrogens is 262 g/mol. The number of aromatic nitrogens is 1. The van der Waals surface area contributed by atoms with Gasteiger partial charge in [0.15, 0.2) is 0 Å². The van der Waals surface area contributed by atoms with Crippen LogP contribution in [-0.2, 0) is 22.4 Å². The molecule has 19 heavy (non-hydrogen) atoms. The maximum absolute atomic E-state index is 5.35. The second kappa shape index (κ2) is 8.60. The predicted molar refractivity (Wildman–Crippen MR) is 76.7 cm³/mol. The van der Waals surface area contributed by atoms with E-state index in [1.807, 2.05) is 17.5 Å². The first-order valence-electron chi connectivity index (χ1n) is 6.82. The number of morpholine rings is 1. The van der Waals surface area contributed by atoms with Crippen molar-refractivity contribution in [3.05, 3.63) is 16.1 Å². The molecule has 1 fully saturated rings. The lowest BCUT2D eigenvalue weighted by Gasteiger charge is -2.25. The molecule has 0 atom stereocenters. The van der Waals surface area contributed by atoms with E-state index >= 15 is 0 Å². The smallest absolute Gasteiger partial charge is 0.0940 e. The molecule has 1 N–H and O–H groups in total. The van der Waals surface area contributed by atoms with E-state index in [4.69, 9.17) is 9.47 Å². The number of methoxy groups -OCH3 is 1. The van der Waals surface area contributed by atoms with Crippen LogP contribution in [0, 0.1) is 0 Å². The van der Waals surface area contributed by atoms with E-state index in [9.17, 15) is 0 Å². The lowest BCUT2D eigenvalue weighted by molar-refractivity contribution is 0.0384. The molecule has 0 amide bonds. The van der Waals surface area contributed by atoms with Crippen molar-refractivity contribution in [1.82, 2.24) is 15.2 Å². The molecule has 0 saturated carbocycles. The second-order valence-electron chi connectivity index (χ2n) is 4.59. The maximum Gasteiger partial charge on any atom is 0.0940 e. The predicted octanol–water partition coefficient (Wildman–Crippen LogP) is 0.754. The average Bonchev–Trinajstić information content (AvgIpc) is 2.91. The van der Waals surface area contributed by atoms with Gasteiger partial charge < -0.3 is 14.8 Å². The zero-order valence-corrected chi connectivity index (χ0v) is 12.4. The molecule has 0 aliphatic carbocycles. The van der Waals surface area contributed by atoms with Gasteiger partial charge in [-0.15, -0.1) is 11.3 Å². The fourth-order valence-corrected chi connectivity index (χ4v) is 2.89. The van der Waals surface area contributed by atoms with Crippen LogP contribution >= 0.6 is 11.3 Å². The van der Waals surface area contributed by atoms with Crippen molar-refractivity contribution in [1.29, 1.82) is 0 Å². The lowest BCUT2D eigenvalue weighted by Crippen LogP contribution is -2.37. The van der Waals surface area contributed by atoms with E-state index in [0.29, 0.717) is 0 Å².